The van der Waals surface area contributed by atoms with Crippen molar-refractivity contribution in [2.45, 2.75) is 6.92 Å². The van der Waals surface area contributed by atoms with Crippen molar-refractivity contribution < 1.29 is 8.91 Å². The van der Waals surface area contributed by atoms with Crippen LogP contribution < -0.4 is 4.90 Å². The van der Waals surface area contributed by atoms with E-state index in [4.69, 9.17) is 4.52 Å². The minimum atomic E-state index is -0.264. The molecule has 25 heavy (non-hydrogen) atoms. The largest absolute Gasteiger partial charge is 0.363 e. The molecule has 0 aliphatic carbocycles. The number of halogens is 1. The average Bonchev–Trinajstić information content (AvgIpc) is 3.22. The van der Waals surface area contributed by atoms with Crippen molar-refractivity contribution in [3.63, 3.8) is 0 Å². The van der Waals surface area contributed by atoms with Gasteiger partial charge in [0.1, 0.15) is 17.3 Å². The third-order valence-electron chi connectivity index (χ3n) is 4.28. The zero-order valence-corrected chi connectivity index (χ0v) is 14.2. The highest BCUT2D eigenvalue weighted by Crippen LogP contribution is 2.37. The molecule has 0 unspecified atom stereocenters. The van der Waals surface area contributed by atoms with Gasteiger partial charge in [-0.2, -0.15) is 0 Å². The first kappa shape index (κ1) is 15.4. The highest BCUT2D eigenvalue weighted by atomic mass is 19.1. The number of fused-ring (bicyclic) bond motifs is 1. The Balaban J connectivity index is 1.89. The van der Waals surface area contributed by atoms with Gasteiger partial charge in [-0.25, -0.2) is 9.37 Å². The molecule has 0 bridgehead atoms. The van der Waals surface area contributed by atoms with E-state index in [1.165, 1.54) is 0 Å². The summed E-state index contributed by atoms with van der Waals surface area (Å²) in [6, 6.07) is 9.20. The van der Waals surface area contributed by atoms with E-state index in [0.29, 0.717) is 22.5 Å². The zero-order valence-electron chi connectivity index (χ0n) is 14.2. The highest BCUT2D eigenvalue weighted by Gasteiger charge is 2.20. The number of rotatable bonds is 3. The molecule has 0 saturated heterocycles. The molecule has 0 aliphatic heterocycles. The number of aromatic nitrogens is 3. The molecule has 0 fully saturated rings. The lowest BCUT2D eigenvalue weighted by molar-refractivity contribution is 0.433. The van der Waals surface area contributed by atoms with Gasteiger partial charge in [0.25, 0.3) is 0 Å². The first-order valence-corrected chi connectivity index (χ1v) is 7.92. The van der Waals surface area contributed by atoms with E-state index in [1.54, 1.807) is 25.3 Å². The normalized spacial score (nSPS) is 11.2. The molecule has 0 spiro atoms. The van der Waals surface area contributed by atoms with Gasteiger partial charge in [-0.15, -0.1) is 0 Å². The molecular formula is C19H17FN4O. The number of hydrogen-bond donors (Lipinski definition) is 1. The Hall–Kier alpha value is -3.15. The second-order valence-electron chi connectivity index (χ2n) is 6.17. The topological polar surface area (TPSA) is 58.0 Å². The molecular weight excluding hydrogens is 319 g/mol. The van der Waals surface area contributed by atoms with E-state index < -0.39 is 0 Å². The van der Waals surface area contributed by atoms with Crippen LogP contribution in [-0.2, 0) is 0 Å². The van der Waals surface area contributed by atoms with Gasteiger partial charge < -0.3 is 14.4 Å². The molecule has 0 aliphatic rings. The number of aromatic amines is 1. The summed E-state index contributed by atoms with van der Waals surface area (Å²) in [7, 11) is 3.88. The summed E-state index contributed by atoms with van der Waals surface area (Å²) in [5, 5.41) is 4.79. The van der Waals surface area contributed by atoms with Gasteiger partial charge in [0.15, 0.2) is 5.76 Å². The minimum absolute atomic E-state index is 0.264. The summed E-state index contributed by atoms with van der Waals surface area (Å²) in [6.45, 7) is 1.74. The molecule has 3 aromatic heterocycles. The molecule has 5 nitrogen and oxygen atoms in total. The van der Waals surface area contributed by atoms with E-state index in [9.17, 15) is 4.39 Å². The van der Waals surface area contributed by atoms with E-state index >= 15 is 0 Å². The molecule has 0 saturated carbocycles. The van der Waals surface area contributed by atoms with Crippen LogP contribution >= 0.6 is 0 Å². The lowest BCUT2D eigenvalue weighted by Gasteiger charge is -2.10. The fourth-order valence-corrected chi connectivity index (χ4v) is 2.91. The maximum atomic E-state index is 14.5. The van der Waals surface area contributed by atoms with Crippen LogP contribution in [0.15, 0.2) is 47.2 Å². The molecule has 3 heterocycles. The standard InChI is InChI=1S/C19H17FN4O/c1-11-5-4-6-12(17(11)20)15-10-22-25-18(15)14-9-21-19-13(14)7-8-16(23-19)24(2)3/h4-10H,1-3H3,(H,21,23). The SMILES string of the molecule is Cc1cccc(-c2cnoc2-c2c[nH]c3nc(N(C)C)ccc23)c1F. The smallest absolute Gasteiger partial charge is 0.176 e. The zero-order chi connectivity index (χ0) is 17.6. The molecule has 6 heteroatoms. The number of nitrogens with zero attached hydrogens (tertiary/aromatic N) is 3. The van der Waals surface area contributed by atoms with E-state index in [1.807, 2.05) is 43.4 Å². The average molecular weight is 336 g/mol. The number of aryl methyl sites for hydroxylation is 1. The lowest BCUT2D eigenvalue weighted by Crippen LogP contribution is -2.10. The molecule has 1 N–H and O–H groups in total. The molecule has 0 atom stereocenters. The van der Waals surface area contributed by atoms with Crippen LogP contribution in [0.1, 0.15) is 5.56 Å². The number of pyridine rings is 1. The lowest BCUT2D eigenvalue weighted by atomic mass is 10.0. The Morgan fingerprint density at radius 1 is 1.08 bits per heavy atom. The van der Waals surface area contributed by atoms with Gasteiger partial charge in [0.2, 0.25) is 0 Å². The van der Waals surface area contributed by atoms with Crippen LogP contribution in [0, 0.1) is 12.7 Å². The monoisotopic (exact) mass is 336 g/mol. The van der Waals surface area contributed by atoms with Gasteiger partial charge in [0.05, 0.1) is 11.8 Å². The Bertz CT molecular complexity index is 1060. The summed E-state index contributed by atoms with van der Waals surface area (Å²) in [6.07, 6.45) is 3.36. The third-order valence-corrected chi connectivity index (χ3v) is 4.28. The molecule has 0 radical (unpaired) electrons. The van der Waals surface area contributed by atoms with Crippen LogP contribution in [0.4, 0.5) is 10.2 Å². The van der Waals surface area contributed by atoms with Crippen molar-refractivity contribution in [2.24, 2.45) is 0 Å². The maximum Gasteiger partial charge on any atom is 0.176 e. The summed E-state index contributed by atoms with van der Waals surface area (Å²) < 4.78 is 20.0. The number of nitrogens with one attached hydrogen (secondary N) is 1. The Morgan fingerprint density at radius 3 is 2.72 bits per heavy atom. The van der Waals surface area contributed by atoms with Crippen molar-refractivity contribution in [3.8, 4) is 22.5 Å². The number of benzene rings is 1. The summed E-state index contributed by atoms with van der Waals surface area (Å²) >= 11 is 0. The van der Waals surface area contributed by atoms with Gasteiger partial charge in [-0.3, -0.25) is 0 Å². The molecule has 4 rings (SSSR count). The summed E-state index contributed by atoms with van der Waals surface area (Å²) in [5.41, 5.74) is 3.23. The molecule has 1 aromatic carbocycles. The first-order valence-electron chi connectivity index (χ1n) is 7.92. The Labute approximate surface area is 144 Å². The number of anilines is 1. The number of H-pyrrole nitrogens is 1. The first-order chi connectivity index (χ1) is 12.1. The Morgan fingerprint density at radius 2 is 1.92 bits per heavy atom. The van der Waals surface area contributed by atoms with Gasteiger partial charge in [0, 0.05) is 36.8 Å². The van der Waals surface area contributed by atoms with E-state index in [2.05, 4.69) is 15.1 Å². The second kappa shape index (κ2) is 5.73. The fraction of sp³-hybridized carbons (Fsp3) is 0.158. The van der Waals surface area contributed by atoms with Gasteiger partial charge in [-0.1, -0.05) is 23.4 Å². The van der Waals surface area contributed by atoms with Crippen LogP contribution in [-0.4, -0.2) is 29.2 Å². The van der Waals surface area contributed by atoms with Crippen LogP contribution in [0.2, 0.25) is 0 Å². The van der Waals surface area contributed by atoms with E-state index in [0.717, 1.165) is 22.4 Å². The Kier molecular flexibility index (Phi) is 3.53. The fourth-order valence-electron chi connectivity index (χ4n) is 2.91. The van der Waals surface area contributed by atoms with E-state index in [-0.39, 0.29) is 5.82 Å². The van der Waals surface area contributed by atoms with Crippen molar-refractivity contribution in [2.75, 3.05) is 19.0 Å². The van der Waals surface area contributed by atoms with Crippen molar-refractivity contribution in [3.05, 3.63) is 54.1 Å². The van der Waals surface area contributed by atoms with Crippen molar-refractivity contribution >= 4 is 16.9 Å². The van der Waals surface area contributed by atoms with Crippen molar-refractivity contribution in [1.82, 2.24) is 15.1 Å². The summed E-state index contributed by atoms with van der Waals surface area (Å²) in [5.74, 6) is 1.11. The van der Waals surface area contributed by atoms with Crippen LogP contribution in [0.25, 0.3) is 33.5 Å². The maximum absolute atomic E-state index is 14.5. The molecule has 0 amide bonds. The number of hydrogen-bond acceptors (Lipinski definition) is 4. The molecule has 126 valence electrons. The highest BCUT2D eigenvalue weighted by molar-refractivity contribution is 5.96. The van der Waals surface area contributed by atoms with Crippen LogP contribution in [0.3, 0.4) is 0 Å². The van der Waals surface area contributed by atoms with Gasteiger partial charge >= 0.3 is 0 Å². The second-order valence-corrected chi connectivity index (χ2v) is 6.17. The summed E-state index contributed by atoms with van der Waals surface area (Å²) in [4.78, 5) is 9.66. The predicted molar refractivity (Wildman–Crippen MR) is 96.0 cm³/mol. The quantitative estimate of drug-likeness (QED) is 0.602. The third kappa shape index (κ3) is 2.46. The molecule has 4 aromatic rings. The van der Waals surface area contributed by atoms with Gasteiger partial charge in [-0.05, 0) is 24.6 Å². The minimum Gasteiger partial charge on any atom is -0.363 e. The predicted octanol–water partition coefficient (Wildman–Crippen LogP) is 4.40. The van der Waals surface area contributed by atoms with Crippen molar-refractivity contribution in [1.29, 1.82) is 0 Å². The van der Waals surface area contributed by atoms with Crippen LogP contribution in [0.5, 0.6) is 0 Å².